The molecule has 0 bridgehead atoms. The molecule has 0 saturated heterocycles. The molecule has 2 rings (SSSR count). The minimum Gasteiger partial charge on any atom is -0.478 e. The Morgan fingerprint density at radius 3 is 2.16 bits per heavy atom. The molecule has 0 aliphatic heterocycles. The molecule has 1 aromatic rings. The van der Waals surface area contributed by atoms with E-state index < -0.39 is 11.9 Å². The van der Waals surface area contributed by atoms with Crippen molar-refractivity contribution in [1.82, 2.24) is 0 Å². The average Bonchev–Trinajstić information content (AvgIpc) is 2.55. The molecule has 1 N–H and O–H groups in total. The van der Waals surface area contributed by atoms with Gasteiger partial charge in [0.1, 0.15) is 11.3 Å². The van der Waals surface area contributed by atoms with Crippen LogP contribution in [-0.2, 0) is 20.8 Å². The number of rotatable bonds is 4. The van der Waals surface area contributed by atoms with Crippen LogP contribution in [0.15, 0.2) is 40.5 Å². The summed E-state index contributed by atoms with van der Waals surface area (Å²) >= 11 is 0. The van der Waals surface area contributed by atoms with Gasteiger partial charge in [-0.2, -0.15) is 0 Å². The van der Waals surface area contributed by atoms with Crippen LogP contribution >= 0.6 is 0 Å². The van der Waals surface area contributed by atoms with E-state index >= 15 is 0 Å². The Labute approximate surface area is 144 Å². The van der Waals surface area contributed by atoms with Gasteiger partial charge in [-0.3, -0.25) is 14.4 Å². The number of hydrogen-bond donors (Lipinski definition) is 1. The molecule has 0 aromatic heterocycles. The van der Waals surface area contributed by atoms with Gasteiger partial charge in [0.25, 0.3) is 0 Å². The van der Waals surface area contributed by atoms with Crippen LogP contribution in [0.1, 0.15) is 43.6 Å². The zero-order valence-electron chi connectivity index (χ0n) is 14.4. The lowest BCUT2D eigenvalue weighted by Gasteiger charge is -2.19. The summed E-state index contributed by atoms with van der Waals surface area (Å²) in [4.78, 5) is 47.1. The summed E-state index contributed by atoms with van der Waals surface area (Å²) in [6.07, 6.45) is 0.127. The van der Waals surface area contributed by atoms with Gasteiger partial charge in [-0.25, -0.2) is 4.79 Å². The highest BCUT2D eigenvalue weighted by molar-refractivity contribution is 6.24. The smallest absolute Gasteiger partial charge is 0.339 e. The summed E-state index contributed by atoms with van der Waals surface area (Å²) in [5.41, 5.74) is 1.92. The molecule has 0 saturated carbocycles. The number of hydrogen-bond acceptors (Lipinski definition) is 5. The second-order valence-corrected chi connectivity index (χ2v) is 5.92. The summed E-state index contributed by atoms with van der Waals surface area (Å²) in [5.74, 6) is -2.33. The maximum absolute atomic E-state index is 12.5. The number of aromatic carboxylic acids is 1. The van der Waals surface area contributed by atoms with E-state index in [1.807, 2.05) is 0 Å². The zero-order chi connectivity index (χ0) is 18.9. The van der Waals surface area contributed by atoms with Crippen molar-refractivity contribution < 1.29 is 29.0 Å². The Bertz CT molecular complexity index is 870. The van der Waals surface area contributed by atoms with E-state index in [9.17, 15) is 24.3 Å². The molecule has 0 spiro atoms. The highest BCUT2D eigenvalue weighted by atomic mass is 16.5. The van der Waals surface area contributed by atoms with Gasteiger partial charge in [-0.15, -0.1) is 0 Å². The van der Waals surface area contributed by atoms with Crippen LogP contribution in [-0.4, -0.2) is 28.6 Å². The van der Waals surface area contributed by atoms with Crippen LogP contribution in [0.2, 0.25) is 0 Å². The van der Waals surface area contributed by atoms with E-state index in [1.54, 1.807) is 26.8 Å². The lowest BCUT2D eigenvalue weighted by atomic mass is 9.83. The van der Waals surface area contributed by atoms with Crippen LogP contribution in [0, 0.1) is 0 Å². The number of carbonyl (C=O) groups is 4. The van der Waals surface area contributed by atoms with E-state index in [1.165, 1.54) is 19.1 Å². The molecule has 0 fully saturated rings. The number of Topliss-reactive ketones (excluding diaryl/α,β-unsaturated/α-hetero) is 2. The summed E-state index contributed by atoms with van der Waals surface area (Å²) in [6, 6.07) is 4.29. The third kappa shape index (κ3) is 3.57. The van der Waals surface area contributed by atoms with Gasteiger partial charge in [0.15, 0.2) is 11.6 Å². The molecule has 0 heterocycles. The van der Waals surface area contributed by atoms with Crippen molar-refractivity contribution in [2.24, 2.45) is 0 Å². The largest absolute Gasteiger partial charge is 0.478 e. The lowest BCUT2D eigenvalue weighted by molar-refractivity contribution is -0.131. The first kappa shape index (κ1) is 18.3. The van der Waals surface area contributed by atoms with Gasteiger partial charge in [-0.05, 0) is 38.5 Å². The zero-order valence-corrected chi connectivity index (χ0v) is 14.4. The lowest BCUT2D eigenvalue weighted by Crippen LogP contribution is -2.22. The van der Waals surface area contributed by atoms with E-state index in [0.29, 0.717) is 27.9 Å². The summed E-state index contributed by atoms with van der Waals surface area (Å²) in [7, 11) is 0. The van der Waals surface area contributed by atoms with Gasteiger partial charge in [0.05, 0.1) is 0 Å². The highest BCUT2D eigenvalue weighted by Gasteiger charge is 2.28. The van der Waals surface area contributed by atoms with Crippen molar-refractivity contribution in [1.29, 1.82) is 0 Å². The van der Waals surface area contributed by atoms with Crippen molar-refractivity contribution >= 4 is 23.5 Å². The van der Waals surface area contributed by atoms with Gasteiger partial charge in [0.2, 0.25) is 0 Å². The molecule has 130 valence electrons. The molecule has 1 aliphatic rings. The standard InChI is InChI=1S/C19H18O6/c1-9-10(2)18(22)14(11(3)17(9)21)7-13-5-6-16(25-12(4)20)15(8-13)19(23)24/h5-6,8H,7H2,1-4H3,(H,23,24). The predicted molar refractivity (Wildman–Crippen MR) is 89.5 cm³/mol. The van der Waals surface area contributed by atoms with Crippen molar-refractivity contribution in [2.75, 3.05) is 0 Å². The molecule has 0 unspecified atom stereocenters. The molecule has 1 aliphatic carbocycles. The fourth-order valence-corrected chi connectivity index (χ4v) is 2.67. The van der Waals surface area contributed by atoms with Crippen LogP contribution in [0.5, 0.6) is 5.75 Å². The molecular weight excluding hydrogens is 324 g/mol. The Kier molecular flexibility index (Phi) is 5.02. The monoisotopic (exact) mass is 342 g/mol. The van der Waals surface area contributed by atoms with Gasteiger partial charge >= 0.3 is 11.9 Å². The second-order valence-electron chi connectivity index (χ2n) is 5.92. The van der Waals surface area contributed by atoms with Crippen LogP contribution in [0.3, 0.4) is 0 Å². The van der Waals surface area contributed by atoms with Gasteiger partial charge in [0, 0.05) is 35.6 Å². The Hall–Kier alpha value is -3.02. The van der Waals surface area contributed by atoms with Gasteiger partial charge < -0.3 is 9.84 Å². The molecule has 0 amide bonds. The van der Waals surface area contributed by atoms with E-state index in [0.717, 1.165) is 0 Å². The normalized spacial score (nSPS) is 14.9. The SMILES string of the molecule is CC(=O)Oc1ccc(CC2=C(C)C(=O)C(C)=C(C)C2=O)cc1C(=O)O. The molecular formula is C19H18O6. The van der Waals surface area contributed by atoms with Crippen molar-refractivity contribution in [3.05, 3.63) is 51.6 Å². The van der Waals surface area contributed by atoms with Crippen LogP contribution < -0.4 is 4.74 Å². The number of carboxylic acids is 1. The van der Waals surface area contributed by atoms with Crippen molar-refractivity contribution in [2.45, 2.75) is 34.1 Å². The summed E-state index contributed by atoms with van der Waals surface area (Å²) in [5, 5.41) is 9.30. The van der Waals surface area contributed by atoms with E-state index in [2.05, 4.69) is 0 Å². The third-order valence-corrected chi connectivity index (χ3v) is 4.22. The number of benzene rings is 1. The highest BCUT2D eigenvalue weighted by Crippen LogP contribution is 2.28. The first-order valence-corrected chi connectivity index (χ1v) is 7.64. The molecule has 6 heteroatoms. The molecule has 1 aromatic carbocycles. The number of carboxylic acid groups (broad SMARTS) is 1. The minimum absolute atomic E-state index is 0.0626. The maximum atomic E-state index is 12.5. The van der Waals surface area contributed by atoms with E-state index in [4.69, 9.17) is 4.74 Å². The minimum atomic E-state index is -1.25. The Balaban J connectivity index is 2.42. The molecule has 0 atom stereocenters. The molecule has 25 heavy (non-hydrogen) atoms. The van der Waals surface area contributed by atoms with Crippen LogP contribution in [0.25, 0.3) is 0 Å². The maximum Gasteiger partial charge on any atom is 0.339 e. The number of carbonyl (C=O) groups excluding carboxylic acids is 3. The van der Waals surface area contributed by atoms with Crippen LogP contribution in [0.4, 0.5) is 0 Å². The third-order valence-electron chi connectivity index (χ3n) is 4.22. The summed E-state index contributed by atoms with van der Waals surface area (Å²) in [6.45, 7) is 6.00. The Morgan fingerprint density at radius 1 is 1.00 bits per heavy atom. The quantitative estimate of drug-likeness (QED) is 0.513. The molecule has 0 radical (unpaired) electrons. The fraction of sp³-hybridized carbons (Fsp3) is 0.263. The van der Waals surface area contributed by atoms with Crippen molar-refractivity contribution in [3.63, 3.8) is 0 Å². The van der Waals surface area contributed by atoms with Gasteiger partial charge in [-0.1, -0.05) is 6.07 Å². The number of allylic oxidation sites excluding steroid dienone is 4. The Morgan fingerprint density at radius 2 is 1.60 bits per heavy atom. The van der Waals surface area contributed by atoms with Crippen molar-refractivity contribution in [3.8, 4) is 5.75 Å². The topological polar surface area (TPSA) is 97.7 Å². The number of esters is 1. The molecule has 6 nitrogen and oxygen atoms in total. The number of ketones is 2. The fourth-order valence-electron chi connectivity index (χ4n) is 2.67. The first-order valence-electron chi connectivity index (χ1n) is 7.64. The predicted octanol–water partition coefficient (Wildman–Crippen LogP) is 2.66. The first-order chi connectivity index (χ1) is 11.6. The summed E-state index contributed by atoms with van der Waals surface area (Å²) < 4.78 is 4.88. The number of ether oxygens (including phenoxy) is 1. The second kappa shape index (κ2) is 6.84. The average molecular weight is 342 g/mol. The van der Waals surface area contributed by atoms with E-state index in [-0.39, 0.29) is 29.3 Å².